The van der Waals surface area contributed by atoms with E-state index >= 15 is 0 Å². The van der Waals surface area contributed by atoms with Gasteiger partial charge in [0.15, 0.2) is 0 Å². The van der Waals surface area contributed by atoms with Crippen LogP contribution >= 0.6 is 0 Å². The lowest BCUT2D eigenvalue weighted by atomic mass is 9.43. The minimum atomic E-state index is -0.432. The molecule has 0 N–H and O–H groups in total. The molecule has 2 aromatic heterocycles. The molecule has 13 rings (SSSR count). The third-order valence-corrected chi connectivity index (χ3v) is 17.2. The van der Waals surface area contributed by atoms with Crippen molar-refractivity contribution >= 4 is 78.4 Å². The van der Waals surface area contributed by atoms with E-state index in [9.17, 15) is 0 Å². The number of fused-ring (bicyclic) bond motifs is 10. The van der Waals surface area contributed by atoms with E-state index in [2.05, 4.69) is 281 Å². The predicted octanol–water partition coefficient (Wildman–Crippen LogP) is 18.4. The Morgan fingerprint density at radius 2 is 0.947 bits per heavy atom. The number of nitrogens with zero attached hydrogens (tertiary/aromatic N) is 3. The van der Waals surface area contributed by atoms with Crippen molar-refractivity contribution in [3.63, 3.8) is 0 Å². The monoisotopic (exact) mass is 976 g/mol. The van der Waals surface area contributed by atoms with Crippen LogP contribution < -0.4 is 10.4 Å². The van der Waals surface area contributed by atoms with Crippen molar-refractivity contribution in [3.8, 4) is 16.8 Å². The maximum Gasteiger partial charge on any atom is 0.333 e. The van der Waals surface area contributed by atoms with E-state index in [1.165, 1.54) is 133 Å². The van der Waals surface area contributed by atoms with Crippen LogP contribution in [-0.4, -0.2) is 15.9 Å². The number of benzene rings is 8. The lowest BCUT2D eigenvalue weighted by Crippen LogP contribution is -2.51. The molecule has 0 spiro atoms. The van der Waals surface area contributed by atoms with E-state index in [0.29, 0.717) is 0 Å². The van der Waals surface area contributed by atoms with Gasteiger partial charge in [0.05, 0.1) is 11.0 Å². The Bertz CT molecular complexity index is 4080. The van der Waals surface area contributed by atoms with Gasteiger partial charge in [-0.05, 0) is 143 Å². The van der Waals surface area contributed by atoms with Gasteiger partial charge >= 0.3 is 6.85 Å². The first kappa shape index (κ1) is 47.4. The molecule has 0 atom stereocenters. The van der Waals surface area contributed by atoms with Crippen molar-refractivity contribution in [2.45, 2.75) is 119 Å². The number of rotatable bonds is 4. The molecule has 75 heavy (non-hydrogen) atoms. The number of hydrogen-bond acceptors (Lipinski definition) is 1. The molecule has 0 saturated heterocycles. The molecule has 0 bridgehead atoms. The normalized spacial score (nSPS) is 15.5. The number of allylic oxidation sites excluding steroid dienone is 3. The highest BCUT2D eigenvalue weighted by molar-refractivity contribution is 6.87. The van der Waals surface area contributed by atoms with Gasteiger partial charge < -0.3 is 13.9 Å². The Morgan fingerprint density at radius 3 is 1.52 bits per heavy atom. The summed E-state index contributed by atoms with van der Waals surface area (Å²) in [5.41, 5.74) is 25.3. The molecule has 0 fully saturated rings. The van der Waals surface area contributed by atoms with Gasteiger partial charge in [0.2, 0.25) is 0 Å². The van der Waals surface area contributed by atoms with Crippen LogP contribution in [0.25, 0.3) is 71.6 Å². The summed E-state index contributed by atoms with van der Waals surface area (Å²) in [5.74, 6) is 0. The van der Waals surface area contributed by atoms with Crippen LogP contribution in [0.3, 0.4) is 0 Å². The first-order chi connectivity index (χ1) is 35.5. The Hall–Kier alpha value is -7.30. The van der Waals surface area contributed by atoms with Crippen LogP contribution in [0.5, 0.6) is 0 Å². The fourth-order valence-corrected chi connectivity index (χ4v) is 13.4. The summed E-state index contributed by atoms with van der Waals surface area (Å²) in [4.78, 5) is 2.71. The molecule has 0 amide bonds. The van der Waals surface area contributed by atoms with Gasteiger partial charge in [-0.25, -0.2) is 0 Å². The highest BCUT2D eigenvalue weighted by Crippen LogP contribution is 2.62. The summed E-state index contributed by atoms with van der Waals surface area (Å²) < 4.78 is 5.39. The zero-order valence-corrected chi connectivity index (χ0v) is 46.6. The molecular weight excluding hydrogens is 906 g/mol. The van der Waals surface area contributed by atoms with Crippen molar-refractivity contribution in [1.29, 1.82) is 0 Å². The van der Waals surface area contributed by atoms with Crippen molar-refractivity contribution < 1.29 is 0 Å². The lowest BCUT2D eigenvalue weighted by molar-refractivity contribution is 0.586. The first-order valence-corrected chi connectivity index (χ1v) is 27.4. The predicted molar refractivity (Wildman–Crippen MR) is 324 cm³/mol. The lowest BCUT2D eigenvalue weighted by Gasteiger charge is -2.45. The topological polar surface area (TPSA) is 13.1 Å². The van der Waals surface area contributed by atoms with Gasteiger partial charge in [-0.15, -0.1) is 0 Å². The molecule has 1 aliphatic carbocycles. The van der Waals surface area contributed by atoms with Crippen LogP contribution in [-0.2, 0) is 21.7 Å². The largest absolute Gasteiger partial charge is 0.375 e. The van der Waals surface area contributed by atoms with Gasteiger partial charge in [-0.2, -0.15) is 0 Å². The molecule has 0 unspecified atom stereocenters. The van der Waals surface area contributed by atoms with E-state index < -0.39 is 5.41 Å². The van der Waals surface area contributed by atoms with Gasteiger partial charge in [0, 0.05) is 66.3 Å². The second-order valence-electron chi connectivity index (χ2n) is 26.7. The van der Waals surface area contributed by atoms with E-state index in [1.807, 2.05) is 0 Å². The van der Waals surface area contributed by atoms with Gasteiger partial charge in [-0.3, -0.25) is 0 Å². The van der Waals surface area contributed by atoms with Gasteiger partial charge in [0.25, 0.3) is 0 Å². The summed E-state index contributed by atoms with van der Waals surface area (Å²) in [6.45, 7) is 33.1. The average molecular weight is 976 g/mol. The van der Waals surface area contributed by atoms with Crippen LogP contribution in [0.15, 0.2) is 181 Å². The van der Waals surface area contributed by atoms with Crippen molar-refractivity contribution in [2.75, 3.05) is 4.90 Å². The number of para-hydroxylation sites is 1. The number of anilines is 2. The Kier molecular flexibility index (Phi) is 10.0. The Balaban J connectivity index is 1.29. The first-order valence-electron chi connectivity index (χ1n) is 27.4. The molecule has 3 aliphatic rings. The molecule has 10 aromatic rings. The highest BCUT2D eigenvalue weighted by Gasteiger charge is 2.54. The minimum Gasteiger partial charge on any atom is -0.375 e. The molecule has 8 aromatic carbocycles. The third kappa shape index (κ3) is 6.93. The van der Waals surface area contributed by atoms with Crippen molar-refractivity contribution in [2.24, 2.45) is 5.41 Å². The van der Waals surface area contributed by atoms with Crippen LogP contribution in [0.2, 0.25) is 0 Å². The van der Waals surface area contributed by atoms with Gasteiger partial charge in [-0.1, -0.05) is 206 Å². The van der Waals surface area contributed by atoms with E-state index in [1.54, 1.807) is 0 Å². The quantitative estimate of drug-likeness (QED) is 0.160. The summed E-state index contributed by atoms with van der Waals surface area (Å²) in [6.07, 6.45) is 0. The van der Waals surface area contributed by atoms with Crippen molar-refractivity contribution in [1.82, 2.24) is 9.05 Å². The zero-order valence-electron chi connectivity index (χ0n) is 46.6. The third-order valence-electron chi connectivity index (χ3n) is 17.2. The molecule has 0 radical (unpaired) electrons. The number of hydrogen-bond donors (Lipinski definition) is 0. The summed E-state index contributed by atoms with van der Waals surface area (Å²) in [6, 6.07) is 65.8. The molecule has 3 nitrogen and oxygen atoms in total. The fourth-order valence-electron chi connectivity index (χ4n) is 13.4. The van der Waals surface area contributed by atoms with E-state index in [4.69, 9.17) is 0 Å². The molecule has 0 saturated carbocycles. The summed E-state index contributed by atoms with van der Waals surface area (Å²) in [5, 5.41) is 5.28. The molecule has 4 heterocycles. The second kappa shape index (κ2) is 15.9. The maximum atomic E-state index is 2.83. The smallest absolute Gasteiger partial charge is 0.333 e. The second-order valence-corrected chi connectivity index (χ2v) is 26.7. The molecule has 4 heteroatoms. The highest BCUT2D eigenvalue weighted by atomic mass is 15.2. The fraction of sp³-hybridized carbons (Fsp3) is 0.268. The molecule has 372 valence electrons. The van der Waals surface area contributed by atoms with Crippen molar-refractivity contribution in [3.05, 3.63) is 214 Å². The van der Waals surface area contributed by atoms with Crippen LogP contribution in [0, 0.1) is 5.41 Å². The standard InChI is InChI=1S/C71H70BN3/c1-67(2,3)45-30-34-50(35-31-45)74-58-41-48(70(10,11)12)40-51-52-42-57-60(53-38-46(68(4,5)6)32-36-55(53)73(57)49-28-22-17-23-29-49)61-54-39-47(69(7,8)9)33-37-56(54)75(65(52)61)72(63(51)58)64-59(43-24-18-15-19-25-43)62(71(13,14)66(64)74)44-26-20-16-21-27-44/h15-42H,1-14H3. The zero-order chi connectivity index (χ0) is 52.5. The van der Waals surface area contributed by atoms with E-state index in [-0.39, 0.29) is 28.5 Å². The maximum absolute atomic E-state index is 2.83. The van der Waals surface area contributed by atoms with Crippen LogP contribution in [0.4, 0.5) is 11.4 Å². The van der Waals surface area contributed by atoms with E-state index in [0.717, 1.165) is 0 Å². The summed E-state index contributed by atoms with van der Waals surface area (Å²) in [7, 11) is 0. The van der Waals surface area contributed by atoms with Crippen LogP contribution in [0.1, 0.15) is 130 Å². The molecular formula is C71H70BN3. The minimum absolute atomic E-state index is 0.00961. The average Bonchev–Trinajstić information content (AvgIpc) is 4.21. The molecule has 2 aliphatic heterocycles. The SMILES string of the molecule is CC1(C)C(c2ccccc2)=C(c2ccccc2)C2=C1N(c1ccc(C(C)(C)C)cc1)c1cc(C(C)(C)C)cc3c1B2n1c2ccc(C(C)(C)C)cc2c2c4c5cc(C(C)(C)C)ccc5n(-c5ccccc5)c4cc-3c21. The number of aromatic nitrogens is 2. The summed E-state index contributed by atoms with van der Waals surface area (Å²) >= 11 is 0. The van der Waals surface area contributed by atoms with Gasteiger partial charge in [0.1, 0.15) is 0 Å². The Morgan fingerprint density at radius 1 is 0.427 bits per heavy atom. The Labute approximate surface area is 445 Å².